The topological polar surface area (TPSA) is 58.1 Å². The molecule has 1 fully saturated rings. The predicted octanol–water partition coefficient (Wildman–Crippen LogP) is 3.81. The normalized spacial score (nSPS) is 14.6. The van der Waals surface area contributed by atoms with Crippen molar-refractivity contribution in [2.75, 3.05) is 16.8 Å². The molecule has 1 aliphatic rings. The fourth-order valence-corrected chi connectivity index (χ4v) is 3.18. The molecule has 126 valence electrons. The van der Waals surface area contributed by atoms with Crippen molar-refractivity contribution in [3.8, 4) is 0 Å². The summed E-state index contributed by atoms with van der Waals surface area (Å²) in [5.41, 5.74) is 2.45. The molecule has 0 spiro atoms. The Hall–Kier alpha value is -2.43. The maximum absolute atomic E-state index is 12.9. The van der Waals surface area contributed by atoms with Gasteiger partial charge in [-0.15, -0.1) is 0 Å². The van der Waals surface area contributed by atoms with E-state index in [0.717, 1.165) is 24.1 Å². The molecule has 1 aliphatic carbocycles. The SMILES string of the molecule is CCN(C(=O)c1ccnc(NC2CCCC2)n1)c1cccc(C)c1. The number of nitrogens with one attached hydrogen (secondary N) is 1. The zero-order chi connectivity index (χ0) is 16.9. The minimum Gasteiger partial charge on any atom is -0.351 e. The molecule has 1 aromatic carbocycles. The Labute approximate surface area is 143 Å². The lowest BCUT2D eigenvalue weighted by Crippen LogP contribution is -2.31. The van der Waals surface area contributed by atoms with Gasteiger partial charge in [0.2, 0.25) is 5.95 Å². The number of benzene rings is 1. The number of nitrogens with zero attached hydrogens (tertiary/aromatic N) is 3. The van der Waals surface area contributed by atoms with Gasteiger partial charge < -0.3 is 10.2 Å². The highest BCUT2D eigenvalue weighted by Crippen LogP contribution is 2.21. The molecule has 0 saturated heterocycles. The molecule has 1 N–H and O–H groups in total. The van der Waals surface area contributed by atoms with Crippen molar-refractivity contribution in [2.24, 2.45) is 0 Å². The Bertz CT molecular complexity index is 710. The number of anilines is 2. The second-order valence-electron chi connectivity index (χ2n) is 6.28. The largest absolute Gasteiger partial charge is 0.351 e. The highest BCUT2D eigenvalue weighted by molar-refractivity contribution is 6.04. The van der Waals surface area contributed by atoms with Crippen LogP contribution in [0.3, 0.4) is 0 Å². The van der Waals surface area contributed by atoms with Gasteiger partial charge in [0.05, 0.1) is 0 Å². The average molecular weight is 324 g/mol. The third-order valence-electron chi connectivity index (χ3n) is 4.44. The van der Waals surface area contributed by atoms with Crippen LogP contribution in [0.5, 0.6) is 0 Å². The zero-order valence-corrected chi connectivity index (χ0v) is 14.3. The predicted molar refractivity (Wildman–Crippen MR) is 96.4 cm³/mol. The fraction of sp³-hybridized carbons (Fsp3) is 0.421. The lowest BCUT2D eigenvalue weighted by atomic mass is 10.2. The van der Waals surface area contributed by atoms with Crippen LogP contribution in [-0.2, 0) is 0 Å². The Morgan fingerprint density at radius 3 is 2.79 bits per heavy atom. The van der Waals surface area contributed by atoms with Crippen LogP contribution in [0, 0.1) is 6.92 Å². The van der Waals surface area contributed by atoms with E-state index in [2.05, 4.69) is 15.3 Å². The van der Waals surface area contributed by atoms with Gasteiger partial charge in [0.25, 0.3) is 5.91 Å². The van der Waals surface area contributed by atoms with Crippen LogP contribution in [0.15, 0.2) is 36.5 Å². The summed E-state index contributed by atoms with van der Waals surface area (Å²) in [5.74, 6) is 0.452. The summed E-state index contributed by atoms with van der Waals surface area (Å²) in [6.45, 7) is 4.59. The van der Waals surface area contributed by atoms with Gasteiger partial charge in [-0.3, -0.25) is 4.79 Å². The number of aromatic nitrogens is 2. The first-order valence-corrected chi connectivity index (χ1v) is 8.65. The van der Waals surface area contributed by atoms with Crippen LogP contribution in [-0.4, -0.2) is 28.5 Å². The maximum Gasteiger partial charge on any atom is 0.277 e. The molecule has 5 nitrogen and oxygen atoms in total. The molecule has 0 bridgehead atoms. The van der Waals surface area contributed by atoms with Gasteiger partial charge in [0.1, 0.15) is 5.69 Å². The van der Waals surface area contributed by atoms with Crippen molar-refractivity contribution in [3.63, 3.8) is 0 Å². The summed E-state index contributed by atoms with van der Waals surface area (Å²) >= 11 is 0. The summed E-state index contributed by atoms with van der Waals surface area (Å²) in [6.07, 6.45) is 6.43. The summed E-state index contributed by atoms with van der Waals surface area (Å²) in [7, 11) is 0. The molecule has 0 radical (unpaired) electrons. The molecule has 1 saturated carbocycles. The minimum atomic E-state index is -0.0972. The number of carbonyl (C=O) groups excluding carboxylic acids is 1. The van der Waals surface area contributed by atoms with E-state index in [9.17, 15) is 4.79 Å². The highest BCUT2D eigenvalue weighted by Gasteiger charge is 2.20. The molecule has 1 aromatic heterocycles. The zero-order valence-electron chi connectivity index (χ0n) is 14.3. The molecule has 1 heterocycles. The van der Waals surface area contributed by atoms with E-state index in [-0.39, 0.29) is 5.91 Å². The van der Waals surface area contributed by atoms with Crippen molar-refractivity contribution in [3.05, 3.63) is 47.8 Å². The van der Waals surface area contributed by atoms with Crippen LogP contribution in [0.2, 0.25) is 0 Å². The van der Waals surface area contributed by atoms with E-state index >= 15 is 0 Å². The molecule has 2 aromatic rings. The van der Waals surface area contributed by atoms with Gasteiger partial charge in [-0.25, -0.2) is 9.97 Å². The number of rotatable bonds is 5. The number of aryl methyl sites for hydroxylation is 1. The number of hydrogen-bond donors (Lipinski definition) is 1. The minimum absolute atomic E-state index is 0.0972. The van der Waals surface area contributed by atoms with E-state index in [1.54, 1.807) is 17.2 Å². The Balaban J connectivity index is 1.80. The number of carbonyl (C=O) groups is 1. The smallest absolute Gasteiger partial charge is 0.277 e. The van der Waals surface area contributed by atoms with Gasteiger partial charge >= 0.3 is 0 Å². The van der Waals surface area contributed by atoms with Gasteiger partial charge in [0, 0.05) is 24.5 Å². The Morgan fingerprint density at radius 1 is 1.29 bits per heavy atom. The molecule has 3 rings (SSSR count). The van der Waals surface area contributed by atoms with Crippen molar-refractivity contribution in [2.45, 2.75) is 45.6 Å². The van der Waals surface area contributed by atoms with Crippen LogP contribution in [0.4, 0.5) is 11.6 Å². The molecule has 0 unspecified atom stereocenters. The van der Waals surface area contributed by atoms with E-state index in [1.165, 1.54) is 12.8 Å². The van der Waals surface area contributed by atoms with E-state index < -0.39 is 0 Å². The van der Waals surface area contributed by atoms with E-state index in [0.29, 0.717) is 24.2 Å². The van der Waals surface area contributed by atoms with Crippen molar-refractivity contribution < 1.29 is 4.79 Å². The first-order valence-electron chi connectivity index (χ1n) is 8.65. The molecular weight excluding hydrogens is 300 g/mol. The number of amides is 1. The average Bonchev–Trinajstić information content (AvgIpc) is 3.09. The van der Waals surface area contributed by atoms with Crippen molar-refractivity contribution in [1.29, 1.82) is 0 Å². The lowest BCUT2D eigenvalue weighted by molar-refractivity contribution is 0.0983. The van der Waals surface area contributed by atoms with Gasteiger partial charge in [-0.05, 0) is 50.5 Å². The second-order valence-corrected chi connectivity index (χ2v) is 6.28. The molecule has 0 atom stereocenters. The van der Waals surface area contributed by atoms with Crippen molar-refractivity contribution in [1.82, 2.24) is 9.97 Å². The standard InChI is InChI=1S/C19H24N4O/c1-3-23(16-10-6-7-14(2)13-16)18(24)17-11-12-20-19(22-17)21-15-8-4-5-9-15/h6-7,10-13,15H,3-5,8-9H2,1-2H3,(H,20,21,22). The monoisotopic (exact) mass is 324 g/mol. The van der Waals surface area contributed by atoms with E-state index in [1.807, 2.05) is 38.1 Å². The maximum atomic E-state index is 12.9. The summed E-state index contributed by atoms with van der Waals surface area (Å²) in [5, 5.41) is 3.35. The van der Waals surface area contributed by atoms with Crippen LogP contribution >= 0.6 is 0 Å². The van der Waals surface area contributed by atoms with Crippen molar-refractivity contribution >= 4 is 17.5 Å². The van der Waals surface area contributed by atoms with Gasteiger partial charge in [0.15, 0.2) is 0 Å². The molecule has 24 heavy (non-hydrogen) atoms. The Morgan fingerprint density at radius 2 is 2.08 bits per heavy atom. The number of hydrogen-bond acceptors (Lipinski definition) is 4. The first-order chi connectivity index (χ1) is 11.7. The third-order valence-corrected chi connectivity index (χ3v) is 4.44. The second kappa shape index (κ2) is 7.43. The summed E-state index contributed by atoms with van der Waals surface area (Å²) < 4.78 is 0. The Kier molecular flexibility index (Phi) is 5.08. The summed E-state index contributed by atoms with van der Waals surface area (Å²) in [4.78, 5) is 23.3. The van der Waals surface area contributed by atoms with Crippen LogP contribution in [0.25, 0.3) is 0 Å². The molecular formula is C19H24N4O. The van der Waals surface area contributed by atoms with Gasteiger partial charge in [-0.1, -0.05) is 25.0 Å². The lowest BCUT2D eigenvalue weighted by Gasteiger charge is -2.21. The molecule has 0 aliphatic heterocycles. The fourth-order valence-electron chi connectivity index (χ4n) is 3.18. The first kappa shape index (κ1) is 16.4. The molecule has 5 heteroatoms. The quantitative estimate of drug-likeness (QED) is 0.908. The van der Waals surface area contributed by atoms with Crippen LogP contribution in [0.1, 0.15) is 48.7 Å². The van der Waals surface area contributed by atoms with Gasteiger partial charge in [-0.2, -0.15) is 0 Å². The van der Waals surface area contributed by atoms with Crippen LogP contribution < -0.4 is 10.2 Å². The highest BCUT2D eigenvalue weighted by atomic mass is 16.2. The van der Waals surface area contributed by atoms with E-state index in [4.69, 9.17) is 0 Å². The molecule has 1 amide bonds. The third kappa shape index (κ3) is 3.72. The summed E-state index contributed by atoms with van der Waals surface area (Å²) in [6, 6.07) is 10.1.